The Balaban J connectivity index is 1.72. The highest BCUT2D eigenvalue weighted by Crippen LogP contribution is 2.37. The molecule has 1 aromatic carbocycles. The highest BCUT2D eigenvalue weighted by molar-refractivity contribution is 5.82. The summed E-state index contributed by atoms with van der Waals surface area (Å²) in [6.07, 6.45) is -2.74. The second-order valence-electron chi connectivity index (χ2n) is 6.43. The predicted molar refractivity (Wildman–Crippen MR) is 90.0 cm³/mol. The van der Waals surface area contributed by atoms with Gasteiger partial charge in [0.15, 0.2) is 5.65 Å². The van der Waals surface area contributed by atoms with E-state index >= 15 is 0 Å². The van der Waals surface area contributed by atoms with E-state index in [1.165, 1.54) is 6.07 Å². The zero-order valence-corrected chi connectivity index (χ0v) is 13.8. The van der Waals surface area contributed by atoms with Gasteiger partial charge in [-0.2, -0.15) is 13.2 Å². The number of fused-ring (bicyclic) bond motifs is 1. The van der Waals surface area contributed by atoms with E-state index in [1.807, 2.05) is 7.05 Å². The molecular weight excluding hydrogens is 347 g/mol. The molecule has 136 valence electrons. The van der Waals surface area contributed by atoms with Crippen molar-refractivity contribution in [2.45, 2.75) is 12.2 Å². The number of pyridine rings is 1. The van der Waals surface area contributed by atoms with Crippen LogP contribution in [0.2, 0.25) is 0 Å². The number of hydrogen-bond donors (Lipinski definition) is 2. The number of likely N-dealkylation sites (tertiary alicyclic amines) is 1. The van der Waals surface area contributed by atoms with Gasteiger partial charge >= 0.3 is 6.18 Å². The Kier molecular flexibility index (Phi) is 3.76. The predicted octanol–water partition coefficient (Wildman–Crippen LogP) is 2.85. The molecule has 0 radical (unpaired) electrons. The summed E-state index contributed by atoms with van der Waals surface area (Å²) in [6.45, 7) is 1.79. The average Bonchev–Trinajstić information content (AvgIpc) is 2.96. The minimum atomic E-state index is -4.51. The van der Waals surface area contributed by atoms with Crippen molar-refractivity contribution in [3.8, 4) is 16.9 Å². The van der Waals surface area contributed by atoms with Crippen LogP contribution in [-0.4, -0.2) is 50.8 Å². The van der Waals surface area contributed by atoms with Crippen LogP contribution in [0.15, 0.2) is 36.5 Å². The van der Waals surface area contributed by atoms with E-state index in [0.717, 1.165) is 25.2 Å². The Bertz CT molecular complexity index is 963. The summed E-state index contributed by atoms with van der Waals surface area (Å²) in [5.74, 6) is 0.109. The van der Waals surface area contributed by atoms with Crippen molar-refractivity contribution in [3.05, 3.63) is 42.1 Å². The van der Waals surface area contributed by atoms with Crippen LogP contribution in [-0.2, 0) is 6.18 Å². The maximum Gasteiger partial charge on any atom is 0.416 e. The van der Waals surface area contributed by atoms with Crippen LogP contribution in [0.5, 0.6) is 5.75 Å². The van der Waals surface area contributed by atoms with E-state index in [4.69, 9.17) is 0 Å². The van der Waals surface area contributed by atoms with Gasteiger partial charge < -0.3 is 15.3 Å². The zero-order valence-electron chi connectivity index (χ0n) is 13.8. The summed E-state index contributed by atoms with van der Waals surface area (Å²) in [6, 6.07) is 6.61. The first kappa shape index (κ1) is 16.6. The maximum absolute atomic E-state index is 12.8. The molecule has 0 amide bonds. The molecule has 0 saturated carbocycles. The number of phenols is 1. The van der Waals surface area contributed by atoms with Gasteiger partial charge in [-0.1, -0.05) is 0 Å². The number of rotatable bonds is 3. The molecule has 0 spiro atoms. The van der Waals surface area contributed by atoms with Crippen LogP contribution in [0.4, 0.5) is 19.1 Å². The number of nitrogens with zero attached hydrogens (tertiary/aromatic N) is 4. The number of halogens is 3. The first-order chi connectivity index (χ1) is 12.3. The molecule has 1 aliphatic rings. The van der Waals surface area contributed by atoms with E-state index in [2.05, 4.69) is 20.4 Å². The van der Waals surface area contributed by atoms with Crippen LogP contribution in [0.1, 0.15) is 5.56 Å². The van der Waals surface area contributed by atoms with Gasteiger partial charge in [0.2, 0.25) is 5.95 Å². The van der Waals surface area contributed by atoms with Crippen LogP contribution < -0.4 is 5.32 Å². The quantitative estimate of drug-likeness (QED) is 0.749. The first-order valence-corrected chi connectivity index (χ1v) is 8.02. The highest BCUT2D eigenvalue weighted by atomic mass is 19.4. The number of nitrogens with one attached hydrogen (secondary N) is 1. The van der Waals surface area contributed by atoms with Crippen LogP contribution in [0.3, 0.4) is 0 Å². The Labute approximate surface area is 146 Å². The molecule has 0 aliphatic carbocycles. The van der Waals surface area contributed by atoms with E-state index in [1.54, 1.807) is 22.7 Å². The monoisotopic (exact) mass is 363 g/mol. The van der Waals surface area contributed by atoms with Gasteiger partial charge in [0.25, 0.3) is 0 Å². The largest absolute Gasteiger partial charge is 0.507 e. The highest BCUT2D eigenvalue weighted by Gasteiger charge is 2.31. The Hall–Kier alpha value is -2.81. The van der Waals surface area contributed by atoms with Gasteiger partial charge in [-0.05, 0) is 37.4 Å². The standard InChI is InChI=1S/C17H16F3N5O/c1-24-8-11(9-24)21-16-23-22-15-13(3-2-6-25(15)16)12-5-4-10(7-14(12)26)17(18,19)20/h2-7,11,26H,8-9H2,1H3,(H,21,23). The topological polar surface area (TPSA) is 65.7 Å². The van der Waals surface area contributed by atoms with Crippen molar-refractivity contribution in [2.24, 2.45) is 0 Å². The number of alkyl halides is 3. The minimum absolute atomic E-state index is 0.269. The Morgan fingerprint density at radius 1 is 1.15 bits per heavy atom. The molecule has 1 saturated heterocycles. The fraction of sp³-hybridized carbons (Fsp3) is 0.294. The van der Waals surface area contributed by atoms with E-state index in [-0.39, 0.29) is 11.6 Å². The molecule has 0 bridgehead atoms. The molecule has 26 heavy (non-hydrogen) atoms. The molecule has 3 heterocycles. The summed E-state index contributed by atoms with van der Waals surface area (Å²) in [5, 5.41) is 21.7. The smallest absolute Gasteiger partial charge is 0.416 e. The van der Waals surface area contributed by atoms with Gasteiger partial charge in [0.05, 0.1) is 11.6 Å². The van der Waals surface area contributed by atoms with E-state index in [9.17, 15) is 18.3 Å². The number of hydrogen-bond acceptors (Lipinski definition) is 5. The maximum atomic E-state index is 12.8. The summed E-state index contributed by atoms with van der Waals surface area (Å²) >= 11 is 0. The van der Waals surface area contributed by atoms with E-state index in [0.29, 0.717) is 17.2 Å². The van der Waals surface area contributed by atoms with Gasteiger partial charge in [-0.15, -0.1) is 10.2 Å². The number of phenolic OH excluding ortho intramolecular Hbond substituents is 1. The average molecular weight is 363 g/mol. The van der Waals surface area contributed by atoms with Crippen molar-refractivity contribution in [1.82, 2.24) is 19.5 Å². The van der Waals surface area contributed by atoms with E-state index < -0.39 is 17.5 Å². The van der Waals surface area contributed by atoms with Gasteiger partial charge in [0, 0.05) is 30.4 Å². The molecule has 1 fully saturated rings. The normalized spacial score (nSPS) is 16.0. The number of anilines is 1. The molecular formula is C17H16F3N5O. The van der Waals surface area contributed by atoms with Crippen LogP contribution in [0, 0.1) is 0 Å². The van der Waals surface area contributed by atoms with Crippen LogP contribution in [0.25, 0.3) is 16.8 Å². The summed E-state index contributed by atoms with van der Waals surface area (Å²) in [7, 11) is 2.02. The lowest BCUT2D eigenvalue weighted by molar-refractivity contribution is -0.137. The summed E-state index contributed by atoms with van der Waals surface area (Å²) < 4.78 is 40.1. The second kappa shape index (κ2) is 5.87. The lowest BCUT2D eigenvalue weighted by Gasteiger charge is -2.36. The number of benzene rings is 1. The van der Waals surface area contributed by atoms with Crippen LogP contribution >= 0.6 is 0 Å². The first-order valence-electron chi connectivity index (χ1n) is 8.02. The van der Waals surface area contributed by atoms with Crippen molar-refractivity contribution in [3.63, 3.8) is 0 Å². The molecule has 1 aliphatic heterocycles. The third-order valence-electron chi connectivity index (χ3n) is 4.45. The van der Waals surface area contributed by atoms with Gasteiger partial charge in [-0.3, -0.25) is 4.40 Å². The lowest BCUT2D eigenvalue weighted by atomic mass is 10.0. The molecule has 0 unspecified atom stereocenters. The number of aromatic nitrogens is 3. The molecule has 2 N–H and O–H groups in total. The summed E-state index contributed by atoms with van der Waals surface area (Å²) in [5.41, 5.74) is 0.331. The zero-order chi connectivity index (χ0) is 18.5. The SMILES string of the molecule is CN1CC(Nc2nnc3c(-c4ccc(C(F)(F)F)cc4O)cccn23)C1. The second-order valence-corrected chi connectivity index (χ2v) is 6.43. The molecule has 0 atom stereocenters. The minimum Gasteiger partial charge on any atom is -0.507 e. The Morgan fingerprint density at radius 2 is 1.92 bits per heavy atom. The fourth-order valence-corrected chi connectivity index (χ4v) is 3.13. The molecule has 4 rings (SSSR count). The Morgan fingerprint density at radius 3 is 2.58 bits per heavy atom. The van der Waals surface area contributed by atoms with Crippen molar-refractivity contribution in [1.29, 1.82) is 0 Å². The summed E-state index contributed by atoms with van der Waals surface area (Å²) in [4.78, 5) is 2.16. The lowest BCUT2D eigenvalue weighted by Crippen LogP contribution is -2.52. The van der Waals surface area contributed by atoms with Crippen molar-refractivity contribution < 1.29 is 18.3 Å². The molecule has 3 aromatic rings. The fourth-order valence-electron chi connectivity index (χ4n) is 3.13. The molecule has 9 heteroatoms. The molecule has 2 aromatic heterocycles. The third kappa shape index (κ3) is 2.84. The number of likely N-dealkylation sites (N-methyl/N-ethyl adjacent to an activating group) is 1. The number of aromatic hydroxyl groups is 1. The van der Waals surface area contributed by atoms with Gasteiger partial charge in [-0.25, -0.2) is 0 Å². The van der Waals surface area contributed by atoms with Crippen molar-refractivity contribution in [2.75, 3.05) is 25.5 Å². The molecule has 6 nitrogen and oxygen atoms in total. The van der Waals surface area contributed by atoms with Crippen molar-refractivity contribution >= 4 is 11.6 Å². The van der Waals surface area contributed by atoms with Gasteiger partial charge in [0.1, 0.15) is 5.75 Å². The third-order valence-corrected chi connectivity index (χ3v) is 4.45.